The SMILES string of the molecule is Cc1nn(C)cc1NC(=O)Nc1c(F)cccc1C(=O)O. The molecule has 0 saturated heterocycles. The number of aromatic carboxylic acids is 1. The molecular weight excluding hydrogens is 279 g/mol. The summed E-state index contributed by atoms with van der Waals surface area (Å²) in [7, 11) is 1.69. The van der Waals surface area contributed by atoms with Crippen molar-refractivity contribution in [1.82, 2.24) is 9.78 Å². The maximum atomic E-state index is 13.7. The molecule has 0 unspecified atom stereocenters. The Morgan fingerprint density at radius 2 is 2.05 bits per heavy atom. The van der Waals surface area contributed by atoms with Crippen molar-refractivity contribution >= 4 is 23.4 Å². The van der Waals surface area contributed by atoms with Crippen LogP contribution in [0.2, 0.25) is 0 Å². The van der Waals surface area contributed by atoms with Crippen molar-refractivity contribution in [3.05, 3.63) is 41.5 Å². The minimum atomic E-state index is -1.33. The van der Waals surface area contributed by atoms with Gasteiger partial charge in [-0.3, -0.25) is 4.68 Å². The second-order valence-corrected chi connectivity index (χ2v) is 4.35. The van der Waals surface area contributed by atoms with E-state index in [1.807, 2.05) is 0 Å². The van der Waals surface area contributed by atoms with E-state index >= 15 is 0 Å². The summed E-state index contributed by atoms with van der Waals surface area (Å²) in [6, 6.07) is 2.78. The largest absolute Gasteiger partial charge is 0.478 e. The van der Waals surface area contributed by atoms with Crippen LogP contribution in [0, 0.1) is 12.7 Å². The highest BCUT2D eigenvalue weighted by molar-refractivity contribution is 6.04. The molecule has 0 saturated carbocycles. The Balaban J connectivity index is 2.20. The number of hydrogen-bond donors (Lipinski definition) is 3. The number of amides is 2. The summed E-state index contributed by atoms with van der Waals surface area (Å²) in [6.07, 6.45) is 1.58. The fourth-order valence-corrected chi connectivity index (χ4v) is 1.82. The zero-order chi connectivity index (χ0) is 15.6. The minimum Gasteiger partial charge on any atom is -0.478 e. The molecule has 0 aliphatic carbocycles. The molecule has 1 aromatic carbocycles. The van der Waals surface area contributed by atoms with Crippen molar-refractivity contribution in [3.63, 3.8) is 0 Å². The van der Waals surface area contributed by atoms with Crippen LogP contribution in [-0.4, -0.2) is 26.9 Å². The number of carbonyl (C=O) groups excluding carboxylic acids is 1. The van der Waals surface area contributed by atoms with Crippen LogP contribution in [-0.2, 0) is 7.05 Å². The van der Waals surface area contributed by atoms with Crippen LogP contribution in [0.1, 0.15) is 16.1 Å². The van der Waals surface area contributed by atoms with Crippen LogP contribution < -0.4 is 10.6 Å². The number of halogens is 1. The second-order valence-electron chi connectivity index (χ2n) is 4.35. The van der Waals surface area contributed by atoms with Gasteiger partial charge in [0.15, 0.2) is 0 Å². The molecule has 0 spiro atoms. The van der Waals surface area contributed by atoms with E-state index in [-0.39, 0.29) is 11.3 Å². The summed E-state index contributed by atoms with van der Waals surface area (Å²) in [6.45, 7) is 1.70. The normalized spacial score (nSPS) is 10.2. The Bertz CT molecular complexity index is 711. The van der Waals surface area contributed by atoms with E-state index in [0.29, 0.717) is 11.4 Å². The molecule has 0 atom stereocenters. The van der Waals surface area contributed by atoms with E-state index in [1.54, 1.807) is 20.2 Å². The molecule has 8 heteroatoms. The molecule has 110 valence electrons. The summed E-state index contributed by atoms with van der Waals surface area (Å²) in [4.78, 5) is 22.9. The van der Waals surface area contributed by atoms with Crippen molar-refractivity contribution in [2.75, 3.05) is 10.6 Å². The van der Waals surface area contributed by atoms with Gasteiger partial charge in [-0.1, -0.05) is 6.07 Å². The van der Waals surface area contributed by atoms with Gasteiger partial charge in [-0.25, -0.2) is 14.0 Å². The first-order valence-corrected chi connectivity index (χ1v) is 5.98. The predicted molar refractivity (Wildman–Crippen MR) is 73.9 cm³/mol. The van der Waals surface area contributed by atoms with Crippen LogP contribution in [0.15, 0.2) is 24.4 Å². The average molecular weight is 292 g/mol. The van der Waals surface area contributed by atoms with Gasteiger partial charge in [0.25, 0.3) is 0 Å². The lowest BCUT2D eigenvalue weighted by Crippen LogP contribution is -2.22. The summed E-state index contributed by atoms with van der Waals surface area (Å²) in [5.74, 6) is -2.16. The number of nitrogens with one attached hydrogen (secondary N) is 2. The molecule has 7 nitrogen and oxygen atoms in total. The summed E-state index contributed by atoms with van der Waals surface area (Å²) >= 11 is 0. The second kappa shape index (κ2) is 5.61. The highest BCUT2D eigenvalue weighted by Gasteiger charge is 2.17. The molecule has 3 N–H and O–H groups in total. The fourth-order valence-electron chi connectivity index (χ4n) is 1.82. The number of carboxylic acids is 1. The van der Waals surface area contributed by atoms with E-state index in [9.17, 15) is 14.0 Å². The van der Waals surface area contributed by atoms with E-state index in [2.05, 4.69) is 15.7 Å². The summed E-state index contributed by atoms with van der Waals surface area (Å²) in [5.41, 5.74) is 0.319. The molecule has 21 heavy (non-hydrogen) atoms. The number of urea groups is 1. The van der Waals surface area contributed by atoms with Crippen LogP contribution in [0.25, 0.3) is 0 Å². The van der Waals surface area contributed by atoms with Crippen molar-refractivity contribution < 1.29 is 19.1 Å². The smallest absolute Gasteiger partial charge is 0.337 e. The predicted octanol–water partition coefficient (Wildman–Crippen LogP) is 2.21. The van der Waals surface area contributed by atoms with Crippen molar-refractivity contribution in [2.45, 2.75) is 6.92 Å². The molecule has 2 aromatic rings. The van der Waals surface area contributed by atoms with E-state index in [1.165, 1.54) is 16.8 Å². The zero-order valence-electron chi connectivity index (χ0n) is 11.3. The molecule has 1 aromatic heterocycles. The average Bonchev–Trinajstić information content (AvgIpc) is 2.70. The number of para-hydroxylation sites is 1. The van der Waals surface area contributed by atoms with Gasteiger partial charge in [-0.15, -0.1) is 0 Å². The molecule has 0 aliphatic rings. The van der Waals surface area contributed by atoms with Crippen LogP contribution in [0.4, 0.5) is 20.6 Å². The number of aromatic nitrogens is 2. The number of carbonyl (C=O) groups is 2. The molecule has 0 aliphatic heterocycles. The lowest BCUT2D eigenvalue weighted by atomic mass is 10.1. The number of rotatable bonds is 3. The first-order chi connectivity index (χ1) is 9.88. The molecule has 1 heterocycles. The molecular formula is C13H13FN4O3. The lowest BCUT2D eigenvalue weighted by Gasteiger charge is -2.10. The third-order valence-electron chi connectivity index (χ3n) is 2.74. The van der Waals surface area contributed by atoms with Crippen molar-refractivity contribution in [3.8, 4) is 0 Å². The quantitative estimate of drug-likeness (QED) is 0.808. The Labute approximate surface area is 119 Å². The number of hydrogen-bond acceptors (Lipinski definition) is 3. The number of benzene rings is 1. The highest BCUT2D eigenvalue weighted by Crippen LogP contribution is 2.20. The number of aryl methyl sites for hydroxylation is 2. The topological polar surface area (TPSA) is 96.3 Å². The minimum absolute atomic E-state index is 0.326. The molecule has 0 fully saturated rings. The summed E-state index contributed by atoms with van der Waals surface area (Å²) < 4.78 is 15.2. The Kier molecular flexibility index (Phi) is 3.88. The number of anilines is 2. The van der Waals surface area contributed by atoms with Gasteiger partial charge < -0.3 is 15.7 Å². The van der Waals surface area contributed by atoms with Gasteiger partial charge in [-0.2, -0.15) is 5.10 Å². The molecule has 0 radical (unpaired) electrons. The third-order valence-corrected chi connectivity index (χ3v) is 2.74. The Morgan fingerprint density at radius 3 is 2.62 bits per heavy atom. The van der Waals surface area contributed by atoms with Crippen LogP contribution in [0.3, 0.4) is 0 Å². The standard InChI is InChI=1S/C13H13FN4O3/c1-7-10(6-18(2)17-7)15-13(21)16-11-8(12(19)20)4-3-5-9(11)14/h3-6H,1-2H3,(H,19,20)(H2,15,16,21). The van der Waals surface area contributed by atoms with E-state index < -0.39 is 17.8 Å². The van der Waals surface area contributed by atoms with Gasteiger partial charge in [0.1, 0.15) is 5.82 Å². The Hall–Kier alpha value is -2.90. The van der Waals surface area contributed by atoms with E-state index in [0.717, 1.165) is 6.07 Å². The zero-order valence-corrected chi connectivity index (χ0v) is 11.3. The van der Waals surface area contributed by atoms with Gasteiger partial charge in [0.2, 0.25) is 0 Å². The van der Waals surface area contributed by atoms with Gasteiger partial charge in [0, 0.05) is 13.2 Å². The summed E-state index contributed by atoms with van der Waals surface area (Å²) in [5, 5.41) is 17.7. The van der Waals surface area contributed by atoms with Gasteiger partial charge >= 0.3 is 12.0 Å². The lowest BCUT2D eigenvalue weighted by molar-refractivity contribution is 0.0697. The van der Waals surface area contributed by atoms with Gasteiger partial charge in [0.05, 0.1) is 22.6 Å². The van der Waals surface area contributed by atoms with Crippen LogP contribution in [0.5, 0.6) is 0 Å². The monoisotopic (exact) mass is 292 g/mol. The highest BCUT2D eigenvalue weighted by atomic mass is 19.1. The van der Waals surface area contributed by atoms with Crippen molar-refractivity contribution in [2.24, 2.45) is 7.05 Å². The number of carboxylic acid groups (broad SMARTS) is 1. The Morgan fingerprint density at radius 1 is 1.33 bits per heavy atom. The molecule has 2 rings (SSSR count). The van der Waals surface area contributed by atoms with Gasteiger partial charge in [-0.05, 0) is 19.1 Å². The van der Waals surface area contributed by atoms with Crippen molar-refractivity contribution in [1.29, 1.82) is 0 Å². The molecule has 2 amide bonds. The first-order valence-electron chi connectivity index (χ1n) is 5.98. The third kappa shape index (κ3) is 3.16. The number of nitrogens with zero attached hydrogens (tertiary/aromatic N) is 2. The fraction of sp³-hybridized carbons (Fsp3) is 0.154. The first kappa shape index (κ1) is 14.5. The maximum Gasteiger partial charge on any atom is 0.337 e. The van der Waals surface area contributed by atoms with Crippen LogP contribution >= 0.6 is 0 Å². The maximum absolute atomic E-state index is 13.7. The van der Waals surface area contributed by atoms with E-state index in [4.69, 9.17) is 5.11 Å². The molecule has 0 bridgehead atoms.